The molecule has 0 aromatic heterocycles. The smallest absolute Gasteiger partial charge is 0.192 e. The third-order valence-corrected chi connectivity index (χ3v) is 2.44. The quantitative estimate of drug-likeness (QED) is 0.806. The van der Waals surface area contributed by atoms with Crippen LogP contribution in [0.1, 0.15) is 0 Å². The van der Waals surface area contributed by atoms with Gasteiger partial charge in [0, 0.05) is 0 Å². The van der Waals surface area contributed by atoms with Crippen LogP contribution in [0.3, 0.4) is 0 Å². The van der Waals surface area contributed by atoms with Crippen molar-refractivity contribution in [1.29, 1.82) is 0 Å². The molecule has 1 rings (SSSR count). The summed E-state index contributed by atoms with van der Waals surface area (Å²) in [6, 6.07) is 2.96. The molecule has 60 valence electrons. The molecule has 0 fully saturated rings. The molecule has 0 saturated heterocycles. The summed E-state index contributed by atoms with van der Waals surface area (Å²) < 4.78 is 4.82. The predicted octanol–water partition coefficient (Wildman–Crippen LogP) is 3.43. The average molecular weight is 305 g/mol. The molecule has 1 aromatic rings. The molecule has 0 heterocycles. The first kappa shape index (κ1) is 9.22. The summed E-state index contributed by atoms with van der Waals surface area (Å²) in [5.74, 6) is 0.393. The highest BCUT2D eigenvalue weighted by Crippen LogP contribution is 2.38. The molecule has 0 radical (unpaired) electrons. The van der Waals surface area contributed by atoms with Gasteiger partial charge in [-0.25, -0.2) is 0 Å². The second-order valence-electron chi connectivity index (χ2n) is 1.79. The summed E-state index contributed by atoms with van der Waals surface area (Å²) in [5.41, 5.74) is 0. The van der Waals surface area contributed by atoms with Crippen LogP contribution in [0, 0.1) is 0 Å². The Bertz CT molecular complexity index is 278. The molecule has 0 atom stereocenters. The average Bonchev–Trinajstić information content (AvgIpc) is 2.01. The molecule has 0 unspecified atom stereocenters. The van der Waals surface area contributed by atoms with Gasteiger partial charge in [0.05, 0.1) is 0 Å². The Morgan fingerprint density at radius 3 is 2.45 bits per heavy atom. The van der Waals surface area contributed by atoms with Gasteiger partial charge in [-0.2, -0.15) is 0 Å². The molecule has 11 heavy (non-hydrogen) atoms. The number of rotatable bonds is 1. The zero-order valence-electron chi connectivity index (χ0n) is 5.14. The fourth-order valence-electron chi connectivity index (χ4n) is 0.581. The fourth-order valence-corrected chi connectivity index (χ4v) is 1.43. The lowest BCUT2D eigenvalue weighted by Gasteiger charge is -2.02. The van der Waals surface area contributed by atoms with Crippen molar-refractivity contribution in [3.63, 3.8) is 0 Å². The molecule has 2 nitrogen and oxygen atoms in total. The van der Waals surface area contributed by atoms with Crippen molar-refractivity contribution in [3.05, 3.63) is 22.2 Å². The lowest BCUT2D eigenvalue weighted by atomic mass is 10.3. The number of phenols is 1. The van der Waals surface area contributed by atoms with Crippen molar-refractivity contribution in [3.8, 4) is 11.5 Å². The molecular weight excluding hydrogens is 302 g/mol. The summed E-state index contributed by atoms with van der Waals surface area (Å²) in [6.07, 6.45) is 0. The standard InChI is InChI=1S/C6H3Cl2IO2/c7-5-3(10)1-2-4(11-9)6(5)8/h1-2,10H. The number of hydrogen-bond acceptors (Lipinski definition) is 2. The Balaban J connectivity index is 3.25. The van der Waals surface area contributed by atoms with Gasteiger partial charge < -0.3 is 8.17 Å². The topological polar surface area (TPSA) is 29.5 Å². The van der Waals surface area contributed by atoms with E-state index >= 15 is 0 Å². The van der Waals surface area contributed by atoms with Crippen molar-refractivity contribution in [1.82, 2.24) is 0 Å². The maximum atomic E-state index is 9.05. The summed E-state index contributed by atoms with van der Waals surface area (Å²) in [4.78, 5) is 0. The van der Waals surface area contributed by atoms with Gasteiger partial charge in [0.25, 0.3) is 0 Å². The van der Waals surface area contributed by atoms with Gasteiger partial charge in [0.1, 0.15) is 15.8 Å². The molecule has 0 bridgehead atoms. The Labute approximate surface area is 87.8 Å². The first-order valence-corrected chi connectivity index (χ1v) is 4.26. The molecule has 0 aliphatic rings. The first-order chi connectivity index (χ1) is 5.16. The predicted molar refractivity (Wildman–Crippen MR) is 52.8 cm³/mol. The minimum atomic E-state index is -0.0473. The summed E-state index contributed by atoms with van der Waals surface area (Å²) >= 11 is 13.0. The zero-order valence-corrected chi connectivity index (χ0v) is 8.81. The van der Waals surface area contributed by atoms with Gasteiger partial charge in [-0.1, -0.05) is 23.2 Å². The fraction of sp³-hybridized carbons (Fsp3) is 0. The van der Waals surface area contributed by atoms with Gasteiger partial charge in [-0.05, 0) is 12.1 Å². The van der Waals surface area contributed by atoms with E-state index in [0.29, 0.717) is 5.75 Å². The third kappa shape index (κ3) is 1.83. The van der Waals surface area contributed by atoms with Crippen LogP contribution in [-0.2, 0) is 0 Å². The van der Waals surface area contributed by atoms with Crippen LogP contribution >= 0.6 is 46.2 Å². The minimum Gasteiger partial charge on any atom is -0.506 e. The maximum Gasteiger partial charge on any atom is 0.192 e. The molecule has 0 aliphatic heterocycles. The highest BCUT2D eigenvalue weighted by atomic mass is 127. The normalized spacial score (nSPS) is 9.73. The largest absolute Gasteiger partial charge is 0.506 e. The van der Waals surface area contributed by atoms with E-state index in [0.717, 1.165) is 0 Å². The van der Waals surface area contributed by atoms with Crippen LogP contribution in [0.15, 0.2) is 12.1 Å². The van der Waals surface area contributed by atoms with Gasteiger partial charge >= 0.3 is 0 Å². The molecular formula is C6H3Cl2IO2. The van der Waals surface area contributed by atoms with Gasteiger partial charge in [-0.3, -0.25) is 0 Å². The highest BCUT2D eigenvalue weighted by molar-refractivity contribution is 14.1. The van der Waals surface area contributed by atoms with Crippen molar-refractivity contribution < 1.29 is 8.17 Å². The second-order valence-corrected chi connectivity index (χ2v) is 2.98. The van der Waals surface area contributed by atoms with Gasteiger partial charge in [-0.15, -0.1) is 0 Å². The molecule has 0 amide bonds. The molecule has 1 aromatic carbocycles. The van der Waals surface area contributed by atoms with Crippen molar-refractivity contribution in [2.75, 3.05) is 0 Å². The number of phenolic OH excluding ortho intramolecular Hbond substituents is 1. The Morgan fingerprint density at radius 2 is 1.91 bits per heavy atom. The van der Waals surface area contributed by atoms with E-state index in [9.17, 15) is 0 Å². The van der Waals surface area contributed by atoms with Crippen LogP contribution in [0.4, 0.5) is 0 Å². The van der Waals surface area contributed by atoms with E-state index in [4.69, 9.17) is 31.4 Å². The molecule has 0 aliphatic carbocycles. The summed E-state index contributed by atoms with van der Waals surface area (Å²) in [7, 11) is 0. The van der Waals surface area contributed by atoms with E-state index < -0.39 is 0 Å². The Hall–Kier alpha value is 0.130. The van der Waals surface area contributed by atoms with Crippen LogP contribution < -0.4 is 3.07 Å². The van der Waals surface area contributed by atoms with E-state index in [2.05, 4.69) is 0 Å². The van der Waals surface area contributed by atoms with Crippen LogP contribution in [-0.4, -0.2) is 5.11 Å². The minimum absolute atomic E-state index is 0.0473. The maximum absolute atomic E-state index is 9.05. The molecule has 0 saturated carbocycles. The lowest BCUT2D eigenvalue weighted by Crippen LogP contribution is -1.77. The van der Waals surface area contributed by atoms with Gasteiger partial charge in [0.15, 0.2) is 28.8 Å². The van der Waals surface area contributed by atoms with Crippen LogP contribution in [0.25, 0.3) is 0 Å². The Kier molecular flexibility index (Phi) is 3.09. The zero-order chi connectivity index (χ0) is 8.43. The Morgan fingerprint density at radius 1 is 1.27 bits per heavy atom. The van der Waals surface area contributed by atoms with Crippen LogP contribution in [0.2, 0.25) is 10.0 Å². The summed E-state index contributed by atoms with van der Waals surface area (Å²) in [5, 5.41) is 9.38. The van der Waals surface area contributed by atoms with E-state index in [1.165, 1.54) is 12.1 Å². The second kappa shape index (κ2) is 3.69. The number of halogens is 3. The highest BCUT2D eigenvalue weighted by Gasteiger charge is 2.09. The molecule has 5 heteroatoms. The SMILES string of the molecule is Oc1ccc(OI)c(Cl)c1Cl. The van der Waals surface area contributed by atoms with Crippen molar-refractivity contribution >= 4 is 46.2 Å². The van der Waals surface area contributed by atoms with E-state index in [1.54, 1.807) is 23.0 Å². The number of hydrogen-bond donors (Lipinski definition) is 1. The van der Waals surface area contributed by atoms with E-state index in [1.807, 2.05) is 0 Å². The van der Waals surface area contributed by atoms with Gasteiger partial charge in [0.2, 0.25) is 0 Å². The first-order valence-electron chi connectivity index (χ1n) is 2.62. The number of benzene rings is 1. The van der Waals surface area contributed by atoms with Crippen LogP contribution in [0.5, 0.6) is 11.5 Å². The van der Waals surface area contributed by atoms with Crippen molar-refractivity contribution in [2.45, 2.75) is 0 Å². The third-order valence-electron chi connectivity index (χ3n) is 1.11. The lowest BCUT2D eigenvalue weighted by molar-refractivity contribution is 0.475. The molecule has 1 N–H and O–H groups in total. The monoisotopic (exact) mass is 304 g/mol. The summed E-state index contributed by atoms with van der Waals surface area (Å²) in [6.45, 7) is 0. The number of aromatic hydroxyl groups is 1. The van der Waals surface area contributed by atoms with E-state index in [-0.39, 0.29) is 15.8 Å². The molecule has 0 spiro atoms. The van der Waals surface area contributed by atoms with Crippen molar-refractivity contribution in [2.24, 2.45) is 0 Å².